The zero-order valence-electron chi connectivity index (χ0n) is 12.4. The van der Waals surface area contributed by atoms with E-state index in [4.69, 9.17) is 10.5 Å². The SMILES string of the molecule is Cc1ccccc1C(CN)CCCOc1cccc(F)c1. The lowest BCUT2D eigenvalue weighted by molar-refractivity contribution is 0.300. The maximum atomic E-state index is 13.0. The summed E-state index contributed by atoms with van der Waals surface area (Å²) in [5, 5.41) is 0. The number of benzene rings is 2. The van der Waals surface area contributed by atoms with Crippen LogP contribution in [0.4, 0.5) is 4.39 Å². The molecule has 2 rings (SSSR count). The van der Waals surface area contributed by atoms with Crippen LogP contribution in [0.25, 0.3) is 0 Å². The second kappa shape index (κ2) is 7.79. The normalized spacial score (nSPS) is 12.1. The van der Waals surface area contributed by atoms with Crippen LogP contribution >= 0.6 is 0 Å². The lowest BCUT2D eigenvalue weighted by atomic mass is 9.91. The number of halogens is 1. The van der Waals surface area contributed by atoms with Crippen LogP contribution in [-0.2, 0) is 0 Å². The van der Waals surface area contributed by atoms with Crippen LogP contribution in [0.1, 0.15) is 29.9 Å². The molecular weight excluding hydrogens is 265 g/mol. The minimum Gasteiger partial charge on any atom is -0.493 e. The summed E-state index contributed by atoms with van der Waals surface area (Å²) < 4.78 is 18.6. The molecule has 2 nitrogen and oxygen atoms in total. The summed E-state index contributed by atoms with van der Waals surface area (Å²) in [5.74, 6) is 0.657. The molecule has 0 bridgehead atoms. The van der Waals surface area contributed by atoms with Crippen molar-refractivity contribution in [2.75, 3.05) is 13.2 Å². The zero-order chi connectivity index (χ0) is 15.1. The van der Waals surface area contributed by atoms with E-state index in [1.807, 2.05) is 12.1 Å². The van der Waals surface area contributed by atoms with Gasteiger partial charge in [0.2, 0.25) is 0 Å². The van der Waals surface area contributed by atoms with Crippen LogP contribution in [0.3, 0.4) is 0 Å². The number of hydrogen-bond donors (Lipinski definition) is 1. The fraction of sp³-hybridized carbons (Fsp3) is 0.333. The van der Waals surface area contributed by atoms with Gasteiger partial charge >= 0.3 is 0 Å². The summed E-state index contributed by atoms with van der Waals surface area (Å²) in [6, 6.07) is 14.6. The van der Waals surface area contributed by atoms with E-state index in [9.17, 15) is 4.39 Å². The molecule has 0 saturated carbocycles. The molecule has 112 valence electrons. The van der Waals surface area contributed by atoms with Crippen molar-refractivity contribution < 1.29 is 9.13 Å². The van der Waals surface area contributed by atoms with Gasteiger partial charge < -0.3 is 10.5 Å². The van der Waals surface area contributed by atoms with Crippen LogP contribution < -0.4 is 10.5 Å². The third-order valence-corrected chi connectivity index (χ3v) is 3.67. The Morgan fingerprint density at radius 3 is 2.67 bits per heavy atom. The highest BCUT2D eigenvalue weighted by atomic mass is 19.1. The topological polar surface area (TPSA) is 35.2 Å². The molecule has 0 heterocycles. The lowest BCUT2D eigenvalue weighted by Gasteiger charge is -2.17. The Morgan fingerprint density at radius 2 is 1.95 bits per heavy atom. The number of nitrogens with two attached hydrogens (primary N) is 1. The fourth-order valence-electron chi connectivity index (χ4n) is 2.52. The van der Waals surface area contributed by atoms with E-state index < -0.39 is 0 Å². The predicted octanol–water partition coefficient (Wildman–Crippen LogP) is 4.04. The van der Waals surface area contributed by atoms with Gasteiger partial charge in [-0.25, -0.2) is 4.39 Å². The summed E-state index contributed by atoms with van der Waals surface area (Å²) in [5.41, 5.74) is 8.48. The predicted molar refractivity (Wildman–Crippen MR) is 84.1 cm³/mol. The van der Waals surface area contributed by atoms with E-state index in [-0.39, 0.29) is 5.82 Å². The van der Waals surface area contributed by atoms with Crippen LogP contribution in [0.15, 0.2) is 48.5 Å². The Kier molecular flexibility index (Phi) is 5.76. The second-order valence-corrected chi connectivity index (χ2v) is 5.24. The summed E-state index contributed by atoms with van der Waals surface area (Å²) in [6.45, 7) is 3.32. The molecule has 0 amide bonds. The van der Waals surface area contributed by atoms with Crippen molar-refractivity contribution >= 4 is 0 Å². The van der Waals surface area contributed by atoms with Gasteiger partial charge in [0.15, 0.2) is 0 Å². The van der Waals surface area contributed by atoms with E-state index in [0.717, 1.165) is 12.8 Å². The molecule has 0 radical (unpaired) electrons. The smallest absolute Gasteiger partial charge is 0.126 e. The van der Waals surface area contributed by atoms with Crippen molar-refractivity contribution in [2.24, 2.45) is 5.73 Å². The largest absolute Gasteiger partial charge is 0.493 e. The third kappa shape index (κ3) is 4.57. The van der Waals surface area contributed by atoms with Crippen LogP contribution in [0, 0.1) is 12.7 Å². The molecule has 21 heavy (non-hydrogen) atoms. The standard InChI is InChI=1S/C18H22FNO/c1-14-6-2-3-10-18(14)15(13-20)7-5-11-21-17-9-4-8-16(19)12-17/h2-4,6,8-10,12,15H,5,7,11,13,20H2,1H3. The minimum absolute atomic E-state index is 0.271. The van der Waals surface area contributed by atoms with Gasteiger partial charge in [-0.2, -0.15) is 0 Å². The van der Waals surface area contributed by atoms with Gasteiger partial charge in [0.05, 0.1) is 6.61 Å². The monoisotopic (exact) mass is 287 g/mol. The van der Waals surface area contributed by atoms with E-state index in [1.165, 1.54) is 23.3 Å². The zero-order valence-corrected chi connectivity index (χ0v) is 12.4. The van der Waals surface area contributed by atoms with Crippen molar-refractivity contribution in [3.8, 4) is 5.75 Å². The molecule has 0 aromatic heterocycles. The summed E-state index contributed by atoms with van der Waals surface area (Å²) in [4.78, 5) is 0. The summed E-state index contributed by atoms with van der Waals surface area (Å²) in [7, 11) is 0. The molecule has 3 heteroatoms. The Hall–Kier alpha value is -1.87. The number of rotatable bonds is 7. The highest BCUT2D eigenvalue weighted by molar-refractivity contribution is 5.29. The molecule has 2 N–H and O–H groups in total. The molecule has 1 atom stereocenters. The Bertz CT molecular complexity index is 571. The average Bonchev–Trinajstić information content (AvgIpc) is 2.49. The van der Waals surface area contributed by atoms with E-state index in [0.29, 0.717) is 24.8 Å². The Morgan fingerprint density at radius 1 is 1.14 bits per heavy atom. The van der Waals surface area contributed by atoms with Crippen LogP contribution in [0.5, 0.6) is 5.75 Å². The Labute approximate surface area is 125 Å². The molecule has 0 aliphatic carbocycles. The van der Waals surface area contributed by atoms with E-state index >= 15 is 0 Å². The van der Waals surface area contributed by atoms with Crippen molar-refractivity contribution in [1.29, 1.82) is 0 Å². The van der Waals surface area contributed by atoms with Gasteiger partial charge in [-0.05, 0) is 55.5 Å². The van der Waals surface area contributed by atoms with Crippen LogP contribution in [-0.4, -0.2) is 13.2 Å². The highest BCUT2D eigenvalue weighted by Gasteiger charge is 2.11. The van der Waals surface area contributed by atoms with Gasteiger partial charge in [-0.1, -0.05) is 30.3 Å². The highest BCUT2D eigenvalue weighted by Crippen LogP contribution is 2.23. The molecule has 0 aliphatic heterocycles. The molecular formula is C18H22FNO. The van der Waals surface area contributed by atoms with Gasteiger partial charge in [0, 0.05) is 6.07 Å². The first kappa shape index (κ1) is 15.5. The first-order valence-corrected chi connectivity index (χ1v) is 7.34. The summed E-state index contributed by atoms with van der Waals surface area (Å²) in [6.07, 6.45) is 1.86. The third-order valence-electron chi connectivity index (χ3n) is 3.67. The van der Waals surface area contributed by atoms with Crippen molar-refractivity contribution in [3.63, 3.8) is 0 Å². The van der Waals surface area contributed by atoms with Crippen molar-refractivity contribution in [1.82, 2.24) is 0 Å². The maximum Gasteiger partial charge on any atom is 0.126 e. The molecule has 0 fully saturated rings. The van der Waals surface area contributed by atoms with E-state index in [1.54, 1.807) is 12.1 Å². The lowest BCUT2D eigenvalue weighted by Crippen LogP contribution is -2.14. The molecule has 0 saturated heterocycles. The average molecular weight is 287 g/mol. The summed E-state index contributed by atoms with van der Waals surface area (Å²) >= 11 is 0. The maximum absolute atomic E-state index is 13.0. The Balaban J connectivity index is 1.83. The first-order chi connectivity index (χ1) is 10.2. The van der Waals surface area contributed by atoms with Gasteiger partial charge in [0.1, 0.15) is 11.6 Å². The first-order valence-electron chi connectivity index (χ1n) is 7.34. The van der Waals surface area contributed by atoms with Crippen LogP contribution in [0.2, 0.25) is 0 Å². The van der Waals surface area contributed by atoms with E-state index in [2.05, 4.69) is 19.1 Å². The second-order valence-electron chi connectivity index (χ2n) is 5.24. The molecule has 2 aromatic carbocycles. The van der Waals surface area contributed by atoms with Crippen molar-refractivity contribution in [3.05, 3.63) is 65.5 Å². The van der Waals surface area contributed by atoms with Gasteiger partial charge in [-0.3, -0.25) is 0 Å². The molecule has 0 spiro atoms. The number of ether oxygens (including phenoxy) is 1. The van der Waals surface area contributed by atoms with Gasteiger partial charge in [-0.15, -0.1) is 0 Å². The minimum atomic E-state index is -0.271. The molecule has 2 aromatic rings. The molecule has 0 aliphatic rings. The number of aryl methyl sites for hydroxylation is 1. The molecule has 1 unspecified atom stereocenters. The quantitative estimate of drug-likeness (QED) is 0.780. The van der Waals surface area contributed by atoms with Gasteiger partial charge in [0.25, 0.3) is 0 Å². The number of hydrogen-bond acceptors (Lipinski definition) is 2. The fourth-order valence-corrected chi connectivity index (χ4v) is 2.52. The van der Waals surface area contributed by atoms with Crippen molar-refractivity contribution in [2.45, 2.75) is 25.7 Å².